The van der Waals surface area contributed by atoms with Gasteiger partial charge >= 0.3 is 12.2 Å². The quantitative estimate of drug-likeness (QED) is 0.504. The molecule has 0 saturated carbocycles. The largest absolute Gasteiger partial charge is 0.467 e. The zero-order valence-electron chi connectivity index (χ0n) is 24.2. The molecule has 0 bridgehead atoms. The number of aryl methyl sites for hydroxylation is 1. The SMILES string of the molecule is COc1nc2c(c(N3CCOCC(C)C3)n1)COC(c1cc(N)nc(C)c1C(F)(F)F)C2.F/C=C1/CC2CCCN2C1. The number of aromatic nitrogens is 3. The van der Waals surface area contributed by atoms with Crippen molar-refractivity contribution < 1.29 is 31.8 Å². The van der Waals surface area contributed by atoms with Gasteiger partial charge in [0.05, 0.1) is 56.3 Å². The minimum Gasteiger partial charge on any atom is -0.467 e. The maximum Gasteiger partial charge on any atom is 0.418 e. The molecule has 230 valence electrons. The lowest BCUT2D eigenvalue weighted by atomic mass is 9.94. The molecule has 3 unspecified atom stereocenters. The van der Waals surface area contributed by atoms with Gasteiger partial charge in [-0.25, -0.2) is 9.37 Å². The summed E-state index contributed by atoms with van der Waals surface area (Å²) in [7, 11) is 1.46. The minimum absolute atomic E-state index is 0.0133. The molecule has 0 aromatic carbocycles. The molecule has 2 aromatic heterocycles. The Morgan fingerprint density at radius 2 is 1.98 bits per heavy atom. The highest BCUT2D eigenvalue weighted by Gasteiger charge is 2.40. The topological polar surface area (TPSA) is 98.9 Å². The summed E-state index contributed by atoms with van der Waals surface area (Å²) < 4.78 is 70.3. The highest BCUT2D eigenvalue weighted by Crippen LogP contribution is 2.42. The first kappa shape index (κ1) is 30.4. The number of nitrogens with two attached hydrogens (primary N) is 1. The summed E-state index contributed by atoms with van der Waals surface area (Å²) in [6.45, 7) is 8.11. The van der Waals surface area contributed by atoms with E-state index in [4.69, 9.17) is 19.9 Å². The van der Waals surface area contributed by atoms with Crippen LogP contribution in [0.1, 0.15) is 60.4 Å². The number of nitrogen functional groups attached to an aromatic ring is 1. The number of halogens is 4. The smallest absolute Gasteiger partial charge is 0.418 e. The first-order chi connectivity index (χ1) is 20.1. The fourth-order valence-corrected chi connectivity index (χ4v) is 6.34. The molecule has 2 N–H and O–H groups in total. The van der Waals surface area contributed by atoms with Gasteiger partial charge in [0, 0.05) is 37.7 Å². The zero-order chi connectivity index (χ0) is 30.0. The summed E-state index contributed by atoms with van der Waals surface area (Å²) in [5.74, 6) is 0.979. The van der Waals surface area contributed by atoms with E-state index < -0.39 is 17.8 Å². The fourth-order valence-electron chi connectivity index (χ4n) is 6.34. The van der Waals surface area contributed by atoms with Crippen LogP contribution in [0.2, 0.25) is 0 Å². The zero-order valence-corrected chi connectivity index (χ0v) is 24.2. The normalized spacial score (nSPS) is 25.5. The van der Waals surface area contributed by atoms with Crippen LogP contribution >= 0.6 is 0 Å². The van der Waals surface area contributed by atoms with Gasteiger partial charge < -0.3 is 24.8 Å². The van der Waals surface area contributed by atoms with E-state index in [-0.39, 0.29) is 36.1 Å². The molecule has 6 heterocycles. The summed E-state index contributed by atoms with van der Waals surface area (Å²) in [5, 5.41) is 0. The van der Waals surface area contributed by atoms with Crippen LogP contribution in [0.4, 0.5) is 29.2 Å². The summed E-state index contributed by atoms with van der Waals surface area (Å²) in [6, 6.07) is 2.08. The lowest BCUT2D eigenvalue weighted by Gasteiger charge is -2.32. The second kappa shape index (κ2) is 12.7. The second-order valence-electron chi connectivity index (χ2n) is 11.4. The van der Waals surface area contributed by atoms with Gasteiger partial charge in [-0.05, 0) is 55.9 Å². The molecule has 0 radical (unpaired) electrons. The lowest BCUT2D eigenvalue weighted by molar-refractivity contribution is -0.140. The first-order valence-electron chi connectivity index (χ1n) is 14.3. The van der Waals surface area contributed by atoms with Crippen molar-refractivity contribution in [2.45, 2.75) is 64.5 Å². The van der Waals surface area contributed by atoms with Crippen molar-refractivity contribution in [3.63, 3.8) is 0 Å². The Morgan fingerprint density at radius 1 is 1.17 bits per heavy atom. The summed E-state index contributed by atoms with van der Waals surface area (Å²) >= 11 is 0. The number of hydrogen-bond acceptors (Lipinski definition) is 9. The highest BCUT2D eigenvalue weighted by molar-refractivity contribution is 5.52. The minimum atomic E-state index is -4.58. The highest BCUT2D eigenvalue weighted by atomic mass is 19.4. The average molecular weight is 595 g/mol. The molecule has 13 heteroatoms. The molecular formula is C29H38F4N6O3. The Hall–Kier alpha value is -3.03. The van der Waals surface area contributed by atoms with Crippen molar-refractivity contribution >= 4 is 11.6 Å². The number of fused-ring (bicyclic) bond motifs is 2. The van der Waals surface area contributed by atoms with E-state index in [1.165, 1.54) is 39.5 Å². The van der Waals surface area contributed by atoms with Gasteiger partial charge in [-0.15, -0.1) is 0 Å². The van der Waals surface area contributed by atoms with Crippen LogP contribution in [-0.4, -0.2) is 72.4 Å². The molecule has 42 heavy (non-hydrogen) atoms. The van der Waals surface area contributed by atoms with Crippen LogP contribution in [0.3, 0.4) is 0 Å². The number of anilines is 2. The Morgan fingerprint density at radius 3 is 2.69 bits per heavy atom. The number of alkyl halides is 3. The maximum absolute atomic E-state index is 13.8. The Kier molecular flexibility index (Phi) is 9.19. The van der Waals surface area contributed by atoms with Gasteiger partial charge in [0.15, 0.2) is 0 Å². The van der Waals surface area contributed by atoms with Crippen LogP contribution in [0.25, 0.3) is 0 Å². The van der Waals surface area contributed by atoms with E-state index in [9.17, 15) is 17.6 Å². The Labute approximate surface area is 243 Å². The third-order valence-electron chi connectivity index (χ3n) is 8.22. The average Bonchev–Trinajstić information content (AvgIpc) is 3.48. The van der Waals surface area contributed by atoms with Crippen molar-refractivity contribution in [2.75, 3.05) is 57.1 Å². The summed E-state index contributed by atoms with van der Waals surface area (Å²) in [6.07, 6.45) is -0.966. The van der Waals surface area contributed by atoms with E-state index in [1.54, 1.807) is 0 Å². The van der Waals surface area contributed by atoms with Crippen LogP contribution < -0.4 is 15.4 Å². The number of methoxy groups -OCH3 is 1. The molecule has 0 aliphatic carbocycles. The molecule has 3 fully saturated rings. The third-order valence-corrected chi connectivity index (χ3v) is 8.22. The predicted octanol–water partition coefficient (Wildman–Crippen LogP) is 4.78. The van der Waals surface area contributed by atoms with E-state index in [2.05, 4.69) is 31.7 Å². The number of nitrogens with zero attached hydrogens (tertiary/aromatic N) is 5. The molecule has 2 aromatic rings. The van der Waals surface area contributed by atoms with Crippen molar-refractivity contribution in [3.05, 3.63) is 46.0 Å². The molecule has 3 atom stereocenters. The molecule has 3 saturated heterocycles. The van der Waals surface area contributed by atoms with Crippen LogP contribution in [0.5, 0.6) is 6.01 Å². The van der Waals surface area contributed by atoms with Crippen LogP contribution in [0.15, 0.2) is 18.0 Å². The van der Waals surface area contributed by atoms with E-state index >= 15 is 0 Å². The van der Waals surface area contributed by atoms with Gasteiger partial charge in [0.25, 0.3) is 0 Å². The third kappa shape index (κ3) is 6.63. The Balaban J connectivity index is 0.000000295. The van der Waals surface area contributed by atoms with Crippen LogP contribution in [-0.2, 0) is 28.7 Å². The molecule has 6 rings (SSSR count). The van der Waals surface area contributed by atoms with Crippen molar-refractivity contribution in [1.29, 1.82) is 0 Å². The summed E-state index contributed by atoms with van der Waals surface area (Å²) in [4.78, 5) is 17.3. The molecule has 0 amide bonds. The maximum atomic E-state index is 13.8. The first-order valence-corrected chi connectivity index (χ1v) is 14.3. The number of rotatable bonds is 3. The monoisotopic (exact) mass is 594 g/mol. The Bertz CT molecular complexity index is 1290. The van der Waals surface area contributed by atoms with Gasteiger partial charge in [0.2, 0.25) is 0 Å². The van der Waals surface area contributed by atoms with Gasteiger partial charge in [-0.3, -0.25) is 4.90 Å². The van der Waals surface area contributed by atoms with E-state index in [1.807, 2.05) is 0 Å². The molecule has 4 aliphatic rings. The number of ether oxygens (including phenoxy) is 3. The van der Waals surface area contributed by atoms with Crippen molar-refractivity contribution in [2.24, 2.45) is 5.92 Å². The van der Waals surface area contributed by atoms with E-state index in [0.29, 0.717) is 43.2 Å². The number of hydrogen-bond donors (Lipinski definition) is 1. The van der Waals surface area contributed by atoms with Crippen molar-refractivity contribution in [1.82, 2.24) is 19.9 Å². The molecule has 9 nitrogen and oxygen atoms in total. The lowest BCUT2D eigenvalue weighted by Crippen LogP contribution is -2.32. The van der Waals surface area contributed by atoms with Gasteiger partial charge in [0.1, 0.15) is 11.6 Å². The number of pyridine rings is 1. The molecular weight excluding hydrogens is 556 g/mol. The predicted molar refractivity (Wildman–Crippen MR) is 149 cm³/mol. The molecule has 4 aliphatic heterocycles. The van der Waals surface area contributed by atoms with Crippen molar-refractivity contribution in [3.8, 4) is 6.01 Å². The summed E-state index contributed by atoms with van der Waals surface area (Å²) in [5.41, 5.74) is 7.08. The van der Waals surface area contributed by atoms with E-state index in [0.717, 1.165) is 37.0 Å². The molecule has 0 spiro atoms. The standard InChI is InChI=1S/C21H26F3N5O3.C8H12FN/c1-11-8-29(4-5-31-9-11)19-14-10-32-16(7-15(14)27-20(28-19)30-3)13-6-17(25)26-12(2)18(13)21(22,23)24;9-5-7-4-8-2-1-3-10(8)6-7/h6,11,16H,4-5,7-10H2,1-3H3,(H2,25,26);5,8H,1-4,6H2/b;7-5-. The van der Waals surface area contributed by atoms with Gasteiger partial charge in [-0.2, -0.15) is 23.1 Å². The fraction of sp³-hybridized carbons (Fsp3) is 0.621. The second-order valence-corrected chi connectivity index (χ2v) is 11.4. The van der Waals surface area contributed by atoms with Crippen LogP contribution in [0, 0.1) is 12.8 Å². The van der Waals surface area contributed by atoms with Gasteiger partial charge in [-0.1, -0.05) is 6.92 Å².